The fourth-order valence-electron chi connectivity index (χ4n) is 1.82. The molecule has 0 bridgehead atoms. The van der Waals surface area contributed by atoms with Gasteiger partial charge in [-0.2, -0.15) is 4.31 Å². The Morgan fingerprint density at radius 3 is 2.29 bits per heavy atom. The number of hydrogen-bond acceptors (Lipinski definition) is 4. The highest BCUT2D eigenvalue weighted by Gasteiger charge is 2.26. The van der Waals surface area contributed by atoms with Gasteiger partial charge < -0.3 is 10.4 Å². The minimum absolute atomic E-state index is 0.0522. The Kier molecular flexibility index (Phi) is 6.66. The predicted octanol–water partition coefficient (Wildman–Crippen LogP) is 1.22. The summed E-state index contributed by atoms with van der Waals surface area (Å²) in [6.07, 6.45) is -2.80. The summed E-state index contributed by atoms with van der Waals surface area (Å²) in [4.78, 5) is -0.0661. The van der Waals surface area contributed by atoms with Gasteiger partial charge in [-0.1, -0.05) is 12.1 Å². The van der Waals surface area contributed by atoms with Crippen LogP contribution in [0.5, 0.6) is 0 Å². The summed E-state index contributed by atoms with van der Waals surface area (Å²) in [7, 11) is -2.26. The summed E-state index contributed by atoms with van der Waals surface area (Å²) < 4.78 is 50.1. The van der Waals surface area contributed by atoms with E-state index < -0.39 is 29.6 Å². The molecule has 0 aliphatic carbocycles. The summed E-state index contributed by atoms with van der Waals surface area (Å²) in [5, 5.41) is 11.9. The van der Waals surface area contributed by atoms with Crippen molar-refractivity contribution in [3.8, 4) is 0 Å². The third kappa shape index (κ3) is 4.70. The monoisotopic (exact) mass is 322 g/mol. The molecular formula is C13H20F2N2O3S. The smallest absolute Gasteiger partial charge is 0.252 e. The molecule has 0 amide bonds. The van der Waals surface area contributed by atoms with Crippen LogP contribution in [-0.4, -0.2) is 51.0 Å². The van der Waals surface area contributed by atoms with Crippen LogP contribution in [0.25, 0.3) is 0 Å². The minimum Gasteiger partial charge on any atom is -0.395 e. The van der Waals surface area contributed by atoms with Crippen molar-refractivity contribution >= 4 is 10.0 Å². The maximum atomic E-state index is 12.5. The van der Waals surface area contributed by atoms with E-state index in [0.717, 1.165) is 5.56 Å². The van der Waals surface area contributed by atoms with E-state index in [4.69, 9.17) is 5.11 Å². The molecule has 1 unspecified atom stereocenters. The number of sulfonamides is 1. The Morgan fingerprint density at radius 2 is 1.86 bits per heavy atom. The molecule has 2 N–H and O–H groups in total. The molecule has 0 aliphatic heterocycles. The predicted molar refractivity (Wildman–Crippen MR) is 75.8 cm³/mol. The summed E-state index contributed by atoms with van der Waals surface area (Å²) in [5.41, 5.74) is 0.888. The van der Waals surface area contributed by atoms with Gasteiger partial charge >= 0.3 is 0 Å². The fourth-order valence-corrected chi connectivity index (χ4v) is 3.23. The molecule has 120 valence electrons. The van der Waals surface area contributed by atoms with Crippen LogP contribution in [-0.2, 0) is 10.0 Å². The third-order valence-electron chi connectivity index (χ3n) is 3.14. The number of halogens is 2. The first-order valence-electron chi connectivity index (χ1n) is 6.49. The van der Waals surface area contributed by atoms with E-state index in [9.17, 15) is 17.2 Å². The summed E-state index contributed by atoms with van der Waals surface area (Å²) in [6, 6.07) is 6.08. The zero-order valence-electron chi connectivity index (χ0n) is 12.0. The largest absolute Gasteiger partial charge is 0.395 e. The molecule has 1 aromatic carbocycles. The van der Waals surface area contributed by atoms with E-state index >= 15 is 0 Å². The van der Waals surface area contributed by atoms with Crippen molar-refractivity contribution in [2.24, 2.45) is 0 Å². The maximum absolute atomic E-state index is 12.5. The summed E-state index contributed by atoms with van der Waals surface area (Å²) in [6.45, 7) is 0.109. The highest BCUT2D eigenvalue weighted by molar-refractivity contribution is 7.89. The Labute approximate surface area is 123 Å². The molecule has 0 fully saturated rings. The normalized spacial score (nSPS) is 13.9. The van der Waals surface area contributed by atoms with Crippen molar-refractivity contribution < 1.29 is 22.3 Å². The van der Waals surface area contributed by atoms with Crippen LogP contribution in [0.1, 0.15) is 18.5 Å². The van der Waals surface area contributed by atoms with Crippen LogP contribution in [0, 0.1) is 0 Å². The molecule has 0 heterocycles. The molecule has 0 aliphatic rings. The topological polar surface area (TPSA) is 69.6 Å². The zero-order chi connectivity index (χ0) is 16.0. The first kappa shape index (κ1) is 18.0. The Hall–Kier alpha value is -1.09. The number of rotatable bonds is 8. The molecule has 1 aromatic rings. The highest BCUT2D eigenvalue weighted by Crippen LogP contribution is 2.20. The number of aliphatic hydroxyl groups is 1. The van der Waals surface area contributed by atoms with Crippen molar-refractivity contribution in [2.45, 2.75) is 24.3 Å². The second kappa shape index (κ2) is 7.79. The van der Waals surface area contributed by atoms with Gasteiger partial charge in [0.2, 0.25) is 10.0 Å². The van der Waals surface area contributed by atoms with E-state index in [1.807, 2.05) is 6.92 Å². The van der Waals surface area contributed by atoms with Crippen LogP contribution in [0.4, 0.5) is 8.78 Å². The molecule has 1 atom stereocenters. The van der Waals surface area contributed by atoms with Crippen LogP contribution < -0.4 is 5.32 Å². The van der Waals surface area contributed by atoms with E-state index in [2.05, 4.69) is 5.32 Å². The summed E-state index contributed by atoms with van der Waals surface area (Å²) >= 11 is 0. The van der Waals surface area contributed by atoms with Gasteiger partial charge in [0.15, 0.2) is 0 Å². The molecule has 0 spiro atoms. The Balaban J connectivity index is 3.04. The zero-order valence-corrected chi connectivity index (χ0v) is 12.8. The second-order valence-corrected chi connectivity index (χ2v) is 6.50. The first-order chi connectivity index (χ1) is 9.82. The SMILES string of the molecule is CNC(C)c1ccc(S(=O)(=O)N(CCO)CC(F)F)cc1. The van der Waals surface area contributed by atoms with Gasteiger partial charge in [0.25, 0.3) is 6.43 Å². The quantitative estimate of drug-likeness (QED) is 0.755. The molecule has 0 aromatic heterocycles. The van der Waals surface area contributed by atoms with Crippen LogP contribution in [0.3, 0.4) is 0 Å². The second-order valence-electron chi connectivity index (χ2n) is 4.56. The Morgan fingerprint density at radius 1 is 1.29 bits per heavy atom. The van der Waals surface area contributed by atoms with Gasteiger partial charge in [0.1, 0.15) is 0 Å². The van der Waals surface area contributed by atoms with Crippen molar-refractivity contribution in [2.75, 3.05) is 26.7 Å². The Bertz CT molecular complexity index is 535. The van der Waals surface area contributed by atoms with Crippen LogP contribution in [0.2, 0.25) is 0 Å². The minimum atomic E-state index is -4.03. The molecule has 0 saturated carbocycles. The van der Waals surface area contributed by atoms with Crippen molar-refractivity contribution in [3.63, 3.8) is 0 Å². The van der Waals surface area contributed by atoms with Gasteiger partial charge in [-0.25, -0.2) is 17.2 Å². The average molecular weight is 322 g/mol. The molecular weight excluding hydrogens is 302 g/mol. The number of nitrogens with zero attached hydrogens (tertiary/aromatic N) is 1. The van der Waals surface area contributed by atoms with Crippen LogP contribution >= 0.6 is 0 Å². The lowest BCUT2D eigenvalue weighted by atomic mass is 10.1. The number of aliphatic hydroxyl groups excluding tert-OH is 1. The number of benzene rings is 1. The van der Waals surface area contributed by atoms with Crippen molar-refractivity contribution in [3.05, 3.63) is 29.8 Å². The van der Waals surface area contributed by atoms with E-state index in [1.54, 1.807) is 19.2 Å². The number of nitrogens with one attached hydrogen (secondary N) is 1. The highest BCUT2D eigenvalue weighted by atomic mass is 32.2. The summed E-state index contributed by atoms with van der Waals surface area (Å²) in [5.74, 6) is 0. The lowest BCUT2D eigenvalue weighted by molar-refractivity contribution is 0.113. The van der Waals surface area contributed by atoms with Crippen molar-refractivity contribution in [1.29, 1.82) is 0 Å². The van der Waals surface area contributed by atoms with Crippen molar-refractivity contribution in [1.82, 2.24) is 9.62 Å². The molecule has 5 nitrogen and oxygen atoms in total. The van der Waals surface area contributed by atoms with E-state index in [1.165, 1.54) is 12.1 Å². The van der Waals surface area contributed by atoms with Gasteiger partial charge in [-0.05, 0) is 31.7 Å². The van der Waals surface area contributed by atoms with Gasteiger partial charge in [0.05, 0.1) is 18.0 Å². The van der Waals surface area contributed by atoms with Gasteiger partial charge in [-0.15, -0.1) is 0 Å². The van der Waals surface area contributed by atoms with E-state index in [0.29, 0.717) is 4.31 Å². The van der Waals surface area contributed by atoms with Gasteiger partial charge in [-0.3, -0.25) is 0 Å². The third-order valence-corrected chi connectivity index (χ3v) is 5.02. The van der Waals surface area contributed by atoms with E-state index in [-0.39, 0.29) is 17.5 Å². The number of hydrogen-bond donors (Lipinski definition) is 2. The molecule has 21 heavy (non-hydrogen) atoms. The van der Waals surface area contributed by atoms with Crippen LogP contribution in [0.15, 0.2) is 29.2 Å². The molecule has 0 radical (unpaired) electrons. The standard InChI is InChI=1S/C13H20F2N2O3S/c1-10(16-2)11-3-5-12(6-4-11)21(19,20)17(7-8-18)9-13(14)15/h3-6,10,13,16,18H,7-9H2,1-2H3. The number of alkyl halides is 2. The maximum Gasteiger partial charge on any atom is 0.252 e. The molecule has 8 heteroatoms. The lowest BCUT2D eigenvalue weighted by Gasteiger charge is -2.21. The molecule has 1 rings (SSSR count). The fraction of sp³-hybridized carbons (Fsp3) is 0.538. The average Bonchev–Trinajstić information content (AvgIpc) is 2.45. The first-order valence-corrected chi connectivity index (χ1v) is 7.93. The lowest BCUT2D eigenvalue weighted by Crippen LogP contribution is -2.37. The molecule has 0 saturated heterocycles. The van der Waals surface area contributed by atoms with Gasteiger partial charge in [0, 0.05) is 12.6 Å².